The molecule has 1 heterocycles. The van der Waals surface area contributed by atoms with E-state index in [1.807, 2.05) is 0 Å². The van der Waals surface area contributed by atoms with Gasteiger partial charge in [-0.25, -0.2) is 9.37 Å². The summed E-state index contributed by atoms with van der Waals surface area (Å²) in [5, 5.41) is 9.04. The molecule has 2 aromatic rings. The van der Waals surface area contributed by atoms with Crippen LogP contribution in [0.3, 0.4) is 0 Å². The molecule has 0 amide bonds. The molecule has 0 aliphatic carbocycles. The Hall–Kier alpha value is -0.980. The van der Waals surface area contributed by atoms with Crippen molar-refractivity contribution in [3.05, 3.63) is 35.9 Å². The number of nitrogens with zero attached hydrogens (tertiary/aromatic N) is 2. The van der Waals surface area contributed by atoms with Crippen molar-refractivity contribution in [2.45, 2.75) is 15.8 Å². The van der Waals surface area contributed by atoms with Crippen LogP contribution < -0.4 is 0 Å². The molecular formula is C9H7FN2OS2. The molecule has 1 aromatic carbocycles. The molecule has 0 bridgehead atoms. The topological polar surface area (TPSA) is 46.0 Å². The molecule has 1 aromatic heterocycles. The molecule has 0 saturated heterocycles. The van der Waals surface area contributed by atoms with E-state index in [9.17, 15) is 4.39 Å². The number of rotatable bonds is 3. The van der Waals surface area contributed by atoms with Crippen molar-refractivity contribution in [1.29, 1.82) is 0 Å². The molecule has 0 fully saturated rings. The molecule has 0 saturated carbocycles. The summed E-state index contributed by atoms with van der Waals surface area (Å²) in [7, 11) is 0. The zero-order valence-corrected chi connectivity index (χ0v) is 9.19. The van der Waals surface area contributed by atoms with Gasteiger partial charge in [0.1, 0.15) is 12.1 Å². The minimum Gasteiger partial charge on any atom is -0.392 e. The normalized spacial score (nSPS) is 10.5. The van der Waals surface area contributed by atoms with Gasteiger partial charge in [0, 0.05) is 10.5 Å². The molecule has 3 nitrogen and oxygen atoms in total. The summed E-state index contributed by atoms with van der Waals surface area (Å²) in [5.41, 5.74) is 0.303. The second kappa shape index (κ2) is 4.69. The second-order valence-electron chi connectivity index (χ2n) is 2.68. The van der Waals surface area contributed by atoms with E-state index in [0.717, 1.165) is 4.34 Å². The maximum absolute atomic E-state index is 13.3. The lowest BCUT2D eigenvalue weighted by Gasteiger charge is -2.05. The smallest absolute Gasteiger partial charge is 0.174 e. The lowest BCUT2D eigenvalue weighted by atomic mass is 10.2. The van der Waals surface area contributed by atoms with Crippen molar-refractivity contribution in [2.24, 2.45) is 0 Å². The molecule has 0 unspecified atom stereocenters. The predicted molar refractivity (Wildman–Crippen MR) is 56.4 cm³/mol. The molecular weight excluding hydrogens is 235 g/mol. The number of hydrogen-bond acceptors (Lipinski definition) is 5. The van der Waals surface area contributed by atoms with E-state index in [0.29, 0.717) is 10.5 Å². The van der Waals surface area contributed by atoms with Crippen LogP contribution in [-0.2, 0) is 6.61 Å². The van der Waals surface area contributed by atoms with Gasteiger partial charge in [-0.2, -0.15) is 4.37 Å². The lowest BCUT2D eigenvalue weighted by molar-refractivity contribution is 0.272. The lowest BCUT2D eigenvalue weighted by Crippen LogP contribution is -1.92. The maximum atomic E-state index is 13.3. The van der Waals surface area contributed by atoms with Crippen molar-refractivity contribution >= 4 is 23.3 Å². The Morgan fingerprint density at radius 3 is 3.00 bits per heavy atom. The largest absolute Gasteiger partial charge is 0.392 e. The predicted octanol–water partition coefficient (Wildman–Crippen LogP) is 2.32. The molecule has 6 heteroatoms. The highest BCUT2D eigenvalue weighted by Crippen LogP contribution is 2.31. The summed E-state index contributed by atoms with van der Waals surface area (Å²) in [4.78, 5) is 4.66. The van der Waals surface area contributed by atoms with E-state index >= 15 is 0 Å². The fourth-order valence-corrected chi connectivity index (χ4v) is 2.64. The highest BCUT2D eigenvalue weighted by Gasteiger charge is 2.09. The summed E-state index contributed by atoms with van der Waals surface area (Å²) < 4.78 is 17.9. The Labute approximate surface area is 94.2 Å². The number of hydrogen-bond donors (Lipinski definition) is 1. The Balaban J connectivity index is 2.32. The van der Waals surface area contributed by atoms with Gasteiger partial charge < -0.3 is 5.11 Å². The van der Waals surface area contributed by atoms with Gasteiger partial charge in [0.15, 0.2) is 4.34 Å². The van der Waals surface area contributed by atoms with E-state index in [1.165, 1.54) is 35.7 Å². The van der Waals surface area contributed by atoms with Crippen LogP contribution >= 0.6 is 23.3 Å². The second-order valence-corrected chi connectivity index (χ2v) is 4.75. The monoisotopic (exact) mass is 242 g/mol. The van der Waals surface area contributed by atoms with Crippen LogP contribution in [0.5, 0.6) is 0 Å². The summed E-state index contributed by atoms with van der Waals surface area (Å²) in [6, 6.07) is 4.69. The first-order valence-electron chi connectivity index (χ1n) is 4.14. The van der Waals surface area contributed by atoms with Crippen LogP contribution in [0.1, 0.15) is 5.56 Å². The van der Waals surface area contributed by atoms with Gasteiger partial charge in [-0.05, 0) is 23.7 Å². The minimum atomic E-state index is -0.396. The number of aliphatic hydroxyl groups is 1. The first-order chi connectivity index (χ1) is 7.31. The fourth-order valence-electron chi connectivity index (χ4n) is 1.09. The molecule has 0 aliphatic heterocycles. The van der Waals surface area contributed by atoms with Crippen molar-refractivity contribution in [1.82, 2.24) is 9.36 Å². The molecule has 0 atom stereocenters. The van der Waals surface area contributed by atoms with Crippen LogP contribution in [0.15, 0.2) is 33.8 Å². The molecule has 15 heavy (non-hydrogen) atoms. The fraction of sp³-hybridized carbons (Fsp3) is 0.111. The van der Waals surface area contributed by atoms with Gasteiger partial charge in [-0.1, -0.05) is 17.8 Å². The van der Waals surface area contributed by atoms with E-state index in [-0.39, 0.29) is 6.61 Å². The third-order valence-corrected chi connectivity index (χ3v) is 3.59. The molecule has 2 rings (SSSR count). The average Bonchev–Trinajstić information content (AvgIpc) is 2.71. The highest BCUT2D eigenvalue weighted by atomic mass is 32.2. The van der Waals surface area contributed by atoms with E-state index < -0.39 is 5.82 Å². The van der Waals surface area contributed by atoms with Crippen molar-refractivity contribution in [3.63, 3.8) is 0 Å². The third-order valence-electron chi connectivity index (χ3n) is 1.77. The maximum Gasteiger partial charge on any atom is 0.174 e. The summed E-state index contributed by atoms with van der Waals surface area (Å²) in [6.45, 7) is -0.312. The van der Waals surface area contributed by atoms with Gasteiger partial charge in [-0.3, -0.25) is 0 Å². The van der Waals surface area contributed by atoms with Crippen molar-refractivity contribution in [3.8, 4) is 0 Å². The van der Waals surface area contributed by atoms with Crippen LogP contribution in [0.25, 0.3) is 0 Å². The summed E-state index contributed by atoms with van der Waals surface area (Å²) >= 11 is 2.55. The number of aliphatic hydroxyl groups excluding tert-OH is 1. The van der Waals surface area contributed by atoms with E-state index in [1.54, 1.807) is 12.1 Å². The number of benzene rings is 1. The Kier molecular flexibility index (Phi) is 3.30. The van der Waals surface area contributed by atoms with Crippen LogP contribution in [0.2, 0.25) is 0 Å². The third kappa shape index (κ3) is 2.34. The van der Waals surface area contributed by atoms with Gasteiger partial charge in [0.05, 0.1) is 6.61 Å². The Bertz CT molecular complexity index is 447. The molecule has 0 aliphatic rings. The zero-order chi connectivity index (χ0) is 10.7. The molecule has 1 N–H and O–H groups in total. The molecule has 78 valence electrons. The zero-order valence-electron chi connectivity index (χ0n) is 7.55. The van der Waals surface area contributed by atoms with Crippen LogP contribution in [0.4, 0.5) is 4.39 Å². The van der Waals surface area contributed by atoms with Gasteiger partial charge >= 0.3 is 0 Å². The standard InChI is InChI=1S/C9H7FN2OS2/c10-7-2-1-3-8(6(7)4-13)14-9-11-5-12-15-9/h1-3,5,13H,4H2. The van der Waals surface area contributed by atoms with Crippen molar-refractivity contribution in [2.75, 3.05) is 0 Å². The van der Waals surface area contributed by atoms with Crippen molar-refractivity contribution < 1.29 is 9.50 Å². The quantitative estimate of drug-likeness (QED) is 0.897. The molecule has 0 radical (unpaired) electrons. The Morgan fingerprint density at radius 2 is 2.33 bits per heavy atom. The van der Waals surface area contributed by atoms with E-state index in [4.69, 9.17) is 5.11 Å². The minimum absolute atomic E-state index is 0.303. The van der Waals surface area contributed by atoms with E-state index in [2.05, 4.69) is 9.36 Å². The first-order valence-corrected chi connectivity index (χ1v) is 5.73. The number of halogens is 1. The first kappa shape index (κ1) is 10.5. The van der Waals surface area contributed by atoms with Gasteiger partial charge in [0.25, 0.3) is 0 Å². The summed E-state index contributed by atoms with van der Waals surface area (Å²) in [5.74, 6) is -0.396. The SMILES string of the molecule is OCc1c(F)cccc1Sc1ncns1. The summed E-state index contributed by atoms with van der Waals surface area (Å²) in [6.07, 6.45) is 1.45. The average molecular weight is 242 g/mol. The van der Waals surface area contributed by atoms with Gasteiger partial charge in [-0.15, -0.1) is 0 Å². The van der Waals surface area contributed by atoms with Gasteiger partial charge in [0.2, 0.25) is 0 Å². The molecule has 0 spiro atoms. The Morgan fingerprint density at radius 1 is 1.47 bits per heavy atom. The van der Waals surface area contributed by atoms with Crippen LogP contribution in [-0.4, -0.2) is 14.5 Å². The highest BCUT2D eigenvalue weighted by molar-refractivity contribution is 8.01. The van der Waals surface area contributed by atoms with Crippen LogP contribution in [0, 0.1) is 5.82 Å². The number of aromatic nitrogens is 2.